The number of aromatic nitrogens is 2. The molecule has 3 rings (SSSR count). The Bertz CT molecular complexity index is 757. The van der Waals surface area contributed by atoms with Crippen molar-refractivity contribution in [3.05, 3.63) is 38.8 Å². The highest BCUT2D eigenvalue weighted by Gasteiger charge is 2.18. The van der Waals surface area contributed by atoms with E-state index >= 15 is 0 Å². The SMILES string of the molecule is COc1cn(CC(=O)Nc2nc3c(s2)CCC3)c(C)cc1=O. The first kappa shape index (κ1) is 14.8. The fourth-order valence-corrected chi connectivity index (χ4v) is 3.60. The fraction of sp³-hybridized carbons (Fsp3) is 0.400. The molecule has 2 aromatic rings. The van der Waals surface area contributed by atoms with Crippen LogP contribution in [0.1, 0.15) is 22.7 Å². The second-order valence-corrected chi connectivity index (χ2v) is 6.35. The summed E-state index contributed by atoms with van der Waals surface area (Å²) < 4.78 is 6.70. The lowest BCUT2D eigenvalue weighted by Gasteiger charge is -2.11. The fourth-order valence-electron chi connectivity index (χ4n) is 2.53. The smallest absolute Gasteiger partial charge is 0.246 e. The van der Waals surface area contributed by atoms with Gasteiger partial charge in [0.15, 0.2) is 10.9 Å². The minimum atomic E-state index is -0.187. The van der Waals surface area contributed by atoms with E-state index in [1.165, 1.54) is 18.1 Å². The van der Waals surface area contributed by atoms with Gasteiger partial charge in [-0.15, -0.1) is 11.3 Å². The zero-order valence-electron chi connectivity index (χ0n) is 12.5. The van der Waals surface area contributed by atoms with Gasteiger partial charge in [-0.25, -0.2) is 4.98 Å². The number of nitrogens with one attached hydrogen (secondary N) is 1. The van der Waals surface area contributed by atoms with Crippen molar-refractivity contribution in [2.75, 3.05) is 12.4 Å². The molecular formula is C15H17N3O3S. The Kier molecular flexibility index (Phi) is 3.98. The highest BCUT2D eigenvalue weighted by atomic mass is 32.1. The molecule has 0 aliphatic heterocycles. The van der Waals surface area contributed by atoms with Crippen molar-refractivity contribution in [2.45, 2.75) is 32.7 Å². The number of thiazole rings is 1. The Morgan fingerprint density at radius 1 is 1.50 bits per heavy atom. The number of carbonyl (C=O) groups is 1. The van der Waals surface area contributed by atoms with E-state index in [0.717, 1.165) is 25.0 Å². The van der Waals surface area contributed by atoms with Gasteiger partial charge < -0.3 is 14.6 Å². The quantitative estimate of drug-likeness (QED) is 0.932. The molecule has 116 valence electrons. The number of amides is 1. The molecule has 0 saturated heterocycles. The number of pyridine rings is 1. The van der Waals surface area contributed by atoms with Gasteiger partial charge in [-0.2, -0.15) is 0 Å². The van der Waals surface area contributed by atoms with Crippen LogP contribution in [0.4, 0.5) is 5.13 Å². The van der Waals surface area contributed by atoms with E-state index in [1.54, 1.807) is 29.0 Å². The lowest BCUT2D eigenvalue weighted by Crippen LogP contribution is -2.21. The molecular weight excluding hydrogens is 302 g/mol. The van der Waals surface area contributed by atoms with Crippen molar-refractivity contribution in [1.29, 1.82) is 0 Å². The number of anilines is 1. The highest BCUT2D eigenvalue weighted by Crippen LogP contribution is 2.30. The Labute approximate surface area is 131 Å². The van der Waals surface area contributed by atoms with Crippen molar-refractivity contribution >= 4 is 22.4 Å². The summed E-state index contributed by atoms with van der Waals surface area (Å²) >= 11 is 1.55. The van der Waals surface area contributed by atoms with Gasteiger partial charge in [0.1, 0.15) is 6.54 Å². The number of methoxy groups -OCH3 is 1. The van der Waals surface area contributed by atoms with E-state index in [-0.39, 0.29) is 23.6 Å². The molecule has 0 spiro atoms. The molecule has 0 atom stereocenters. The molecule has 2 heterocycles. The Hall–Kier alpha value is -2.15. The van der Waals surface area contributed by atoms with E-state index in [1.807, 2.05) is 0 Å². The van der Waals surface area contributed by atoms with E-state index in [9.17, 15) is 9.59 Å². The van der Waals surface area contributed by atoms with Crippen LogP contribution >= 0.6 is 11.3 Å². The summed E-state index contributed by atoms with van der Waals surface area (Å²) in [6.45, 7) is 1.90. The first-order chi connectivity index (χ1) is 10.6. The van der Waals surface area contributed by atoms with E-state index in [0.29, 0.717) is 10.8 Å². The molecule has 7 heteroatoms. The first-order valence-electron chi connectivity index (χ1n) is 7.10. The summed E-state index contributed by atoms with van der Waals surface area (Å²) in [7, 11) is 1.44. The lowest BCUT2D eigenvalue weighted by atomic mass is 10.3. The van der Waals surface area contributed by atoms with E-state index < -0.39 is 0 Å². The molecule has 2 aromatic heterocycles. The van der Waals surface area contributed by atoms with Crippen LogP contribution in [0.2, 0.25) is 0 Å². The van der Waals surface area contributed by atoms with Crippen molar-refractivity contribution in [3.8, 4) is 5.75 Å². The van der Waals surface area contributed by atoms with Gasteiger partial charge in [0, 0.05) is 16.6 Å². The first-order valence-corrected chi connectivity index (χ1v) is 7.92. The standard InChI is InChI=1S/C15H17N3O3S/c1-9-6-11(19)12(21-2)7-18(9)8-14(20)17-15-16-10-4-3-5-13(10)22-15/h6-7H,3-5,8H2,1-2H3,(H,16,17,20). The predicted octanol–water partition coefficient (Wildman–Crippen LogP) is 1.75. The maximum Gasteiger partial charge on any atom is 0.246 e. The Balaban J connectivity index is 1.72. The molecule has 0 radical (unpaired) electrons. The number of fused-ring (bicyclic) bond motifs is 1. The Morgan fingerprint density at radius 3 is 3.05 bits per heavy atom. The molecule has 1 aliphatic rings. The van der Waals surface area contributed by atoms with Gasteiger partial charge in [0.25, 0.3) is 0 Å². The monoisotopic (exact) mass is 319 g/mol. The topological polar surface area (TPSA) is 73.2 Å². The number of rotatable bonds is 4. The van der Waals surface area contributed by atoms with Crippen LogP contribution in [0.5, 0.6) is 5.75 Å². The van der Waals surface area contributed by atoms with Gasteiger partial charge in [-0.05, 0) is 26.2 Å². The third-order valence-electron chi connectivity index (χ3n) is 3.68. The lowest BCUT2D eigenvalue weighted by molar-refractivity contribution is -0.116. The molecule has 22 heavy (non-hydrogen) atoms. The van der Waals surface area contributed by atoms with Crippen molar-refractivity contribution in [1.82, 2.24) is 9.55 Å². The molecule has 0 bridgehead atoms. The summed E-state index contributed by atoms with van der Waals surface area (Å²) in [5.41, 5.74) is 1.64. The number of aryl methyl sites for hydroxylation is 3. The van der Waals surface area contributed by atoms with Gasteiger partial charge in [-0.3, -0.25) is 9.59 Å². The summed E-state index contributed by atoms with van der Waals surface area (Å²) in [6.07, 6.45) is 4.76. The van der Waals surface area contributed by atoms with Crippen LogP contribution in [0, 0.1) is 6.92 Å². The third kappa shape index (κ3) is 2.89. The molecule has 0 fully saturated rings. The minimum Gasteiger partial charge on any atom is -0.491 e. The van der Waals surface area contributed by atoms with Crippen LogP contribution < -0.4 is 15.5 Å². The summed E-state index contributed by atoms with van der Waals surface area (Å²) in [6, 6.07) is 1.46. The average molecular weight is 319 g/mol. The highest BCUT2D eigenvalue weighted by molar-refractivity contribution is 7.15. The van der Waals surface area contributed by atoms with Crippen LogP contribution in [0.15, 0.2) is 17.1 Å². The summed E-state index contributed by atoms with van der Waals surface area (Å²) in [4.78, 5) is 29.5. The van der Waals surface area contributed by atoms with E-state index in [4.69, 9.17) is 4.74 Å². The van der Waals surface area contributed by atoms with Crippen LogP contribution in [-0.4, -0.2) is 22.6 Å². The van der Waals surface area contributed by atoms with Gasteiger partial charge in [0.2, 0.25) is 11.3 Å². The maximum atomic E-state index is 12.2. The largest absolute Gasteiger partial charge is 0.491 e. The zero-order chi connectivity index (χ0) is 15.7. The number of nitrogens with zero attached hydrogens (tertiary/aromatic N) is 2. The molecule has 1 N–H and O–H groups in total. The second kappa shape index (κ2) is 5.92. The molecule has 0 saturated carbocycles. The normalized spacial score (nSPS) is 13.0. The molecule has 1 aliphatic carbocycles. The number of carbonyl (C=O) groups excluding carboxylic acids is 1. The molecule has 0 aromatic carbocycles. The van der Waals surface area contributed by atoms with Crippen molar-refractivity contribution in [2.24, 2.45) is 0 Å². The minimum absolute atomic E-state index is 0.118. The zero-order valence-corrected chi connectivity index (χ0v) is 13.3. The van der Waals surface area contributed by atoms with Crippen LogP contribution in [0.25, 0.3) is 0 Å². The maximum absolute atomic E-state index is 12.2. The number of hydrogen-bond donors (Lipinski definition) is 1. The van der Waals surface area contributed by atoms with Crippen molar-refractivity contribution in [3.63, 3.8) is 0 Å². The third-order valence-corrected chi connectivity index (χ3v) is 4.76. The predicted molar refractivity (Wildman–Crippen MR) is 84.8 cm³/mol. The van der Waals surface area contributed by atoms with Gasteiger partial charge in [-0.1, -0.05) is 0 Å². The summed E-state index contributed by atoms with van der Waals surface area (Å²) in [5.74, 6) is 0.0628. The van der Waals surface area contributed by atoms with Crippen LogP contribution in [0.3, 0.4) is 0 Å². The average Bonchev–Trinajstić information content (AvgIpc) is 3.02. The molecule has 6 nitrogen and oxygen atoms in total. The number of ether oxygens (including phenoxy) is 1. The van der Waals surface area contributed by atoms with Crippen LogP contribution in [-0.2, 0) is 24.2 Å². The molecule has 0 unspecified atom stereocenters. The second-order valence-electron chi connectivity index (χ2n) is 5.27. The molecule has 1 amide bonds. The number of hydrogen-bond acceptors (Lipinski definition) is 5. The van der Waals surface area contributed by atoms with Gasteiger partial charge >= 0.3 is 0 Å². The Morgan fingerprint density at radius 2 is 2.32 bits per heavy atom. The summed E-state index contributed by atoms with van der Waals surface area (Å²) in [5, 5.41) is 3.48. The van der Waals surface area contributed by atoms with E-state index in [2.05, 4.69) is 10.3 Å². The van der Waals surface area contributed by atoms with Gasteiger partial charge in [0.05, 0.1) is 19.0 Å². The van der Waals surface area contributed by atoms with Crippen molar-refractivity contribution < 1.29 is 9.53 Å².